The van der Waals surface area contributed by atoms with E-state index in [4.69, 9.17) is 15.2 Å². The van der Waals surface area contributed by atoms with E-state index in [0.29, 0.717) is 13.2 Å². The maximum absolute atomic E-state index is 6.42. The lowest BCUT2D eigenvalue weighted by atomic mass is 9.91. The smallest absolute Gasteiger partial charge is 0.166 e. The van der Waals surface area contributed by atoms with Crippen LogP contribution in [0.3, 0.4) is 0 Å². The average molecular weight is 270 g/mol. The van der Waals surface area contributed by atoms with Crippen molar-refractivity contribution in [3.63, 3.8) is 0 Å². The van der Waals surface area contributed by atoms with Gasteiger partial charge in [-0.15, -0.1) is 0 Å². The summed E-state index contributed by atoms with van der Waals surface area (Å²) in [5.41, 5.74) is 8.37. The highest BCUT2D eigenvalue weighted by Gasteiger charge is 2.24. The maximum atomic E-state index is 6.42. The molecule has 0 fully saturated rings. The molecule has 104 valence electrons. The van der Waals surface area contributed by atoms with Crippen molar-refractivity contribution in [1.82, 2.24) is 4.98 Å². The average Bonchev–Trinajstić information content (AvgIpc) is 2.54. The van der Waals surface area contributed by atoms with Gasteiger partial charge in [0.2, 0.25) is 0 Å². The summed E-state index contributed by atoms with van der Waals surface area (Å²) in [6.45, 7) is 3.23. The molecule has 4 nitrogen and oxygen atoms in total. The third-order valence-corrected chi connectivity index (χ3v) is 3.65. The van der Waals surface area contributed by atoms with Gasteiger partial charge in [0, 0.05) is 29.4 Å². The lowest BCUT2D eigenvalue weighted by Crippen LogP contribution is -2.22. The Morgan fingerprint density at radius 2 is 1.95 bits per heavy atom. The van der Waals surface area contributed by atoms with Crippen molar-refractivity contribution >= 4 is 0 Å². The number of rotatable bonds is 3. The molecule has 0 spiro atoms. The number of fused-ring (bicyclic) bond motifs is 1. The van der Waals surface area contributed by atoms with Crippen LogP contribution in [0.2, 0.25) is 0 Å². The van der Waals surface area contributed by atoms with Gasteiger partial charge in [0.25, 0.3) is 0 Å². The second-order valence-corrected chi connectivity index (χ2v) is 4.94. The van der Waals surface area contributed by atoms with Crippen LogP contribution < -0.4 is 15.2 Å². The molecule has 0 saturated carbocycles. The Bertz CT molecular complexity index is 586. The molecular weight excluding hydrogens is 252 g/mol. The third-order valence-electron chi connectivity index (χ3n) is 3.65. The molecule has 1 aromatic heterocycles. The first-order valence-electron chi connectivity index (χ1n) is 6.82. The van der Waals surface area contributed by atoms with Crippen LogP contribution in [0, 0.1) is 0 Å². The maximum Gasteiger partial charge on any atom is 0.166 e. The van der Waals surface area contributed by atoms with E-state index in [2.05, 4.69) is 11.9 Å². The van der Waals surface area contributed by atoms with Gasteiger partial charge < -0.3 is 15.2 Å². The van der Waals surface area contributed by atoms with Gasteiger partial charge in [-0.1, -0.05) is 25.1 Å². The highest BCUT2D eigenvalue weighted by Crippen LogP contribution is 2.40. The molecule has 2 N–H and O–H groups in total. The Labute approximate surface area is 118 Å². The minimum absolute atomic E-state index is 0.105. The molecule has 0 amide bonds. The molecular formula is C16H18N2O2. The number of para-hydroxylation sites is 1. The standard InChI is InChI=1S/C16H18N2O2/c1-11(13-6-2-3-8-18-13)15(17)12-5-4-7-14-16(12)20-10-9-19-14/h2-8,11,15H,9-10,17H2,1H3. The summed E-state index contributed by atoms with van der Waals surface area (Å²) < 4.78 is 11.3. The highest BCUT2D eigenvalue weighted by atomic mass is 16.6. The van der Waals surface area contributed by atoms with Gasteiger partial charge in [0.1, 0.15) is 13.2 Å². The highest BCUT2D eigenvalue weighted by molar-refractivity contribution is 5.49. The molecule has 0 saturated heterocycles. The fourth-order valence-electron chi connectivity index (χ4n) is 2.46. The minimum atomic E-state index is -0.179. The quantitative estimate of drug-likeness (QED) is 0.931. The number of nitrogens with zero attached hydrogens (tertiary/aromatic N) is 1. The summed E-state index contributed by atoms with van der Waals surface area (Å²) in [5, 5.41) is 0. The summed E-state index contributed by atoms with van der Waals surface area (Å²) in [7, 11) is 0. The number of ether oxygens (including phenoxy) is 2. The Morgan fingerprint density at radius 3 is 2.75 bits per heavy atom. The Hall–Kier alpha value is -2.07. The zero-order valence-corrected chi connectivity index (χ0v) is 11.5. The van der Waals surface area contributed by atoms with E-state index in [0.717, 1.165) is 22.8 Å². The lowest BCUT2D eigenvalue weighted by Gasteiger charge is -2.26. The number of hydrogen-bond donors (Lipinski definition) is 1. The molecule has 20 heavy (non-hydrogen) atoms. The van der Waals surface area contributed by atoms with Gasteiger partial charge in [-0.05, 0) is 18.2 Å². The predicted octanol–water partition coefficient (Wildman–Crippen LogP) is 2.66. The molecule has 2 atom stereocenters. The number of benzene rings is 1. The van der Waals surface area contributed by atoms with Crippen molar-refractivity contribution in [2.45, 2.75) is 18.9 Å². The molecule has 0 radical (unpaired) electrons. The summed E-state index contributed by atoms with van der Waals surface area (Å²) in [4.78, 5) is 4.39. The monoisotopic (exact) mass is 270 g/mol. The van der Waals surface area contributed by atoms with Gasteiger partial charge in [-0.25, -0.2) is 0 Å². The SMILES string of the molecule is CC(c1ccccn1)C(N)c1cccc2c1OCCO2. The van der Waals surface area contributed by atoms with Crippen LogP contribution in [0.5, 0.6) is 11.5 Å². The van der Waals surface area contributed by atoms with Crippen LogP contribution in [0.25, 0.3) is 0 Å². The summed E-state index contributed by atoms with van der Waals surface area (Å²) in [6.07, 6.45) is 1.79. The van der Waals surface area contributed by atoms with E-state index in [1.807, 2.05) is 36.4 Å². The van der Waals surface area contributed by atoms with E-state index in [1.54, 1.807) is 6.20 Å². The fourth-order valence-corrected chi connectivity index (χ4v) is 2.46. The van der Waals surface area contributed by atoms with E-state index >= 15 is 0 Å². The van der Waals surface area contributed by atoms with Crippen molar-refractivity contribution in [1.29, 1.82) is 0 Å². The zero-order valence-electron chi connectivity index (χ0n) is 11.5. The van der Waals surface area contributed by atoms with Crippen LogP contribution in [0.15, 0.2) is 42.6 Å². The van der Waals surface area contributed by atoms with Crippen molar-refractivity contribution in [2.24, 2.45) is 5.73 Å². The fraction of sp³-hybridized carbons (Fsp3) is 0.312. The van der Waals surface area contributed by atoms with Crippen molar-refractivity contribution < 1.29 is 9.47 Å². The number of nitrogens with two attached hydrogens (primary N) is 1. The molecule has 4 heteroatoms. The lowest BCUT2D eigenvalue weighted by molar-refractivity contribution is 0.169. The summed E-state index contributed by atoms with van der Waals surface area (Å²) >= 11 is 0. The Morgan fingerprint density at radius 1 is 1.10 bits per heavy atom. The number of pyridine rings is 1. The Kier molecular flexibility index (Phi) is 3.56. The van der Waals surface area contributed by atoms with Gasteiger partial charge in [0.15, 0.2) is 11.5 Å². The molecule has 2 unspecified atom stereocenters. The first-order chi connectivity index (χ1) is 9.77. The van der Waals surface area contributed by atoms with E-state index in [-0.39, 0.29) is 12.0 Å². The predicted molar refractivity (Wildman–Crippen MR) is 77.0 cm³/mol. The minimum Gasteiger partial charge on any atom is -0.486 e. The van der Waals surface area contributed by atoms with E-state index < -0.39 is 0 Å². The molecule has 0 bridgehead atoms. The second kappa shape index (κ2) is 5.51. The third kappa shape index (κ3) is 2.34. The van der Waals surface area contributed by atoms with Gasteiger partial charge in [-0.3, -0.25) is 4.98 Å². The largest absolute Gasteiger partial charge is 0.486 e. The Balaban J connectivity index is 1.93. The number of aromatic nitrogens is 1. The van der Waals surface area contributed by atoms with E-state index in [1.165, 1.54) is 0 Å². The number of hydrogen-bond acceptors (Lipinski definition) is 4. The van der Waals surface area contributed by atoms with Crippen LogP contribution >= 0.6 is 0 Å². The molecule has 2 heterocycles. The van der Waals surface area contributed by atoms with Crippen LogP contribution in [-0.2, 0) is 0 Å². The zero-order chi connectivity index (χ0) is 13.9. The van der Waals surface area contributed by atoms with Gasteiger partial charge in [-0.2, -0.15) is 0 Å². The molecule has 2 aromatic rings. The first kappa shape index (κ1) is 12.9. The summed E-state index contributed by atoms with van der Waals surface area (Å²) in [5.74, 6) is 1.65. The van der Waals surface area contributed by atoms with Crippen LogP contribution in [0.4, 0.5) is 0 Å². The molecule has 0 aliphatic carbocycles. The molecule has 1 aliphatic rings. The van der Waals surface area contributed by atoms with Crippen LogP contribution in [-0.4, -0.2) is 18.2 Å². The normalized spacial score (nSPS) is 16.5. The molecule has 3 rings (SSSR count). The molecule has 1 aliphatic heterocycles. The van der Waals surface area contributed by atoms with Gasteiger partial charge >= 0.3 is 0 Å². The van der Waals surface area contributed by atoms with E-state index in [9.17, 15) is 0 Å². The van der Waals surface area contributed by atoms with Crippen molar-refractivity contribution in [3.05, 3.63) is 53.9 Å². The van der Waals surface area contributed by atoms with Crippen LogP contribution in [0.1, 0.15) is 30.1 Å². The second-order valence-electron chi connectivity index (χ2n) is 4.94. The topological polar surface area (TPSA) is 57.4 Å². The van der Waals surface area contributed by atoms with Gasteiger partial charge in [0.05, 0.1) is 0 Å². The van der Waals surface area contributed by atoms with Crippen molar-refractivity contribution in [2.75, 3.05) is 13.2 Å². The molecule has 1 aromatic carbocycles. The first-order valence-corrected chi connectivity index (χ1v) is 6.82. The van der Waals surface area contributed by atoms with Crippen molar-refractivity contribution in [3.8, 4) is 11.5 Å². The summed E-state index contributed by atoms with van der Waals surface area (Å²) in [6, 6.07) is 11.6.